The van der Waals surface area contributed by atoms with Gasteiger partial charge in [0.15, 0.2) is 0 Å². The summed E-state index contributed by atoms with van der Waals surface area (Å²) in [6.45, 7) is 1.03. The molecule has 0 radical (unpaired) electrons. The summed E-state index contributed by atoms with van der Waals surface area (Å²) in [5.41, 5.74) is 0.820. The number of hydrogen-bond donors (Lipinski definition) is 0. The summed E-state index contributed by atoms with van der Waals surface area (Å²) in [6.07, 6.45) is 0. The topological polar surface area (TPSA) is 42.7 Å². The fraction of sp³-hybridized carbons (Fsp3) is 0.267. The van der Waals surface area contributed by atoms with Crippen LogP contribution in [0.2, 0.25) is 5.02 Å². The highest BCUT2D eigenvalue weighted by Gasteiger charge is 2.13. The Hall–Kier alpha value is -1.85. The molecular formula is C15H15ClFNO3. The van der Waals surface area contributed by atoms with E-state index >= 15 is 0 Å². The molecule has 0 saturated carbocycles. The van der Waals surface area contributed by atoms with Gasteiger partial charge in [-0.2, -0.15) is 0 Å². The first-order chi connectivity index (χ1) is 9.99. The maximum absolute atomic E-state index is 13.0. The lowest BCUT2D eigenvalue weighted by Crippen LogP contribution is -2.17. The molecule has 21 heavy (non-hydrogen) atoms. The van der Waals surface area contributed by atoms with Crippen LogP contribution in [0, 0.1) is 5.82 Å². The molecule has 4 nitrogen and oxygen atoms in total. The SMILES string of the molecule is COC(=O)c1ccc(CN(C)Cc2ccc(F)cc2Cl)o1. The summed E-state index contributed by atoms with van der Waals surface area (Å²) in [7, 11) is 3.17. The average Bonchev–Trinajstić information content (AvgIpc) is 2.89. The van der Waals surface area contributed by atoms with Gasteiger partial charge in [0.05, 0.1) is 13.7 Å². The lowest BCUT2D eigenvalue weighted by molar-refractivity contribution is 0.0561. The van der Waals surface area contributed by atoms with E-state index in [0.29, 0.717) is 23.9 Å². The van der Waals surface area contributed by atoms with Gasteiger partial charge in [-0.15, -0.1) is 0 Å². The van der Waals surface area contributed by atoms with E-state index in [2.05, 4.69) is 4.74 Å². The van der Waals surface area contributed by atoms with Crippen molar-refractivity contribution >= 4 is 17.6 Å². The number of carbonyl (C=O) groups excluding carboxylic acids is 1. The normalized spacial score (nSPS) is 10.9. The molecule has 0 atom stereocenters. The minimum atomic E-state index is -0.509. The molecule has 0 fully saturated rings. The number of benzene rings is 1. The minimum Gasteiger partial charge on any atom is -0.463 e. The Morgan fingerprint density at radius 2 is 2.10 bits per heavy atom. The first-order valence-electron chi connectivity index (χ1n) is 6.29. The molecule has 112 valence electrons. The third kappa shape index (κ3) is 4.06. The maximum atomic E-state index is 13.0. The molecule has 0 aliphatic rings. The van der Waals surface area contributed by atoms with E-state index < -0.39 is 5.97 Å². The Morgan fingerprint density at radius 1 is 1.33 bits per heavy atom. The van der Waals surface area contributed by atoms with Crippen LogP contribution in [-0.4, -0.2) is 25.0 Å². The van der Waals surface area contributed by atoms with Crippen molar-refractivity contribution in [2.75, 3.05) is 14.2 Å². The van der Waals surface area contributed by atoms with Crippen LogP contribution in [0.4, 0.5) is 4.39 Å². The molecule has 0 amide bonds. The lowest BCUT2D eigenvalue weighted by atomic mass is 10.2. The molecule has 2 rings (SSSR count). The molecule has 0 spiro atoms. The van der Waals surface area contributed by atoms with Crippen molar-refractivity contribution < 1.29 is 18.3 Å². The molecule has 2 aromatic rings. The second-order valence-electron chi connectivity index (χ2n) is 4.67. The van der Waals surface area contributed by atoms with Crippen molar-refractivity contribution in [3.8, 4) is 0 Å². The van der Waals surface area contributed by atoms with E-state index in [4.69, 9.17) is 16.0 Å². The van der Waals surface area contributed by atoms with Crippen LogP contribution in [0.25, 0.3) is 0 Å². The number of hydrogen-bond acceptors (Lipinski definition) is 4. The van der Waals surface area contributed by atoms with E-state index in [1.807, 2.05) is 11.9 Å². The Morgan fingerprint density at radius 3 is 2.76 bits per heavy atom. The number of carbonyl (C=O) groups is 1. The zero-order chi connectivity index (χ0) is 15.4. The molecule has 0 aliphatic carbocycles. The smallest absolute Gasteiger partial charge is 0.373 e. The highest BCUT2D eigenvalue weighted by atomic mass is 35.5. The van der Waals surface area contributed by atoms with Crippen LogP contribution < -0.4 is 0 Å². The Labute approximate surface area is 127 Å². The number of halogens is 2. The van der Waals surface area contributed by atoms with E-state index in [1.165, 1.54) is 19.2 Å². The number of ether oxygens (including phenoxy) is 1. The largest absolute Gasteiger partial charge is 0.463 e. The van der Waals surface area contributed by atoms with Gasteiger partial charge in [0.1, 0.15) is 11.6 Å². The molecule has 0 bridgehead atoms. The number of nitrogens with zero attached hydrogens (tertiary/aromatic N) is 1. The van der Waals surface area contributed by atoms with Crippen molar-refractivity contribution in [2.24, 2.45) is 0 Å². The van der Waals surface area contributed by atoms with Crippen molar-refractivity contribution in [3.63, 3.8) is 0 Å². The van der Waals surface area contributed by atoms with Gasteiger partial charge in [-0.3, -0.25) is 4.90 Å². The first kappa shape index (κ1) is 15.5. The third-order valence-electron chi connectivity index (χ3n) is 2.93. The number of rotatable bonds is 5. The van der Waals surface area contributed by atoms with Crippen LogP contribution in [0.5, 0.6) is 0 Å². The minimum absolute atomic E-state index is 0.167. The quantitative estimate of drug-likeness (QED) is 0.793. The van der Waals surface area contributed by atoms with Crippen molar-refractivity contribution in [2.45, 2.75) is 13.1 Å². The van der Waals surface area contributed by atoms with Crippen LogP contribution >= 0.6 is 11.6 Å². The van der Waals surface area contributed by atoms with Gasteiger partial charge in [0.25, 0.3) is 0 Å². The number of furan rings is 1. The summed E-state index contributed by atoms with van der Waals surface area (Å²) in [5.74, 6) is -0.0671. The number of esters is 1. The summed E-state index contributed by atoms with van der Waals surface area (Å²) in [4.78, 5) is 13.2. The molecular weight excluding hydrogens is 297 g/mol. The van der Waals surface area contributed by atoms with Crippen LogP contribution in [0.15, 0.2) is 34.7 Å². The average molecular weight is 312 g/mol. The predicted octanol–water partition coefficient (Wildman–Crippen LogP) is 3.49. The number of methoxy groups -OCH3 is 1. The fourth-order valence-electron chi connectivity index (χ4n) is 1.94. The Bertz CT molecular complexity index is 642. The van der Waals surface area contributed by atoms with Gasteiger partial charge in [-0.05, 0) is 36.9 Å². The molecule has 0 saturated heterocycles. The Kier molecular flexibility index (Phi) is 4.98. The fourth-order valence-corrected chi connectivity index (χ4v) is 2.16. The van der Waals surface area contributed by atoms with Crippen LogP contribution in [-0.2, 0) is 17.8 Å². The molecule has 0 aliphatic heterocycles. The predicted molar refractivity (Wildman–Crippen MR) is 76.6 cm³/mol. The zero-order valence-electron chi connectivity index (χ0n) is 11.7. The van der Waals surface area contributed by atoms with Crippen LogP contribution in [0.1, 0.15) is 21.9 Å². The second kappa shape index (κ2) is 6.74. The lowest BCUT2D eigenvalue weighted by Gasteiger charge is -2.16. The van der Waals surface area contributed by atoms with Gasteiger partial charge in [0, 0.05) is 11.6 Å². The highest BCUT2D eigenvalue weighted by Crippen LogP contribution is 2.20. The van der Waals surface area contributed by atoms with E-state index in [9.17, 15) is 9.18 Å². The zero-order valence-corrected chi connectivity index (χ0v) is 12.5. The van der Waals surface area contributed by atoms with Crippen molar-refractivity contribution in [1.29, 1.82) is 0 Å². The summed E-state index contributed by atoms with van der Waals surface area (Å²) < 4.78 is 22.9. The van der Waals surface area contributed by atoms with E-state index in [1.54, 1.807) is 18.2 Å². The molecule has 6 heteroatoms. The molecule has 1 aromatic heterocycles. The standard InChI is InChI=1S/C15H15ClFNO3/c1-18(8-10-3-4-11(17)7-13(10)16)9-12-5-6-14(21-12)15(19)20-2/h3-7H,8-9H2,1-2H3. The highest BCUT2D eigenvalue weighted by molar-refractivity contribution is 6.31. The van der Waals surface area contributed by atoms with Gasteiger partial charge < -0.3 is 9.15 Å². The maximum Gasteiger partial charge on any atom is 0.373 e. The molecule has 1 heterocycles. The monoisotopic (exact) mass is 311 g/mol. The van der Waals surface area contributed by atoms with E-state index in [0.717, 1.165) is 5.56 Å². The molecule has 1 aromatic carbocycles. The van der Waals surface area contributed by atoms with Gasteiger partial charge >= 0.3 is 5.97 Å². The van der Waals surface area contributed by atoms with Gasteiger partial charge in [-0.25, -0.2) is 9.18 Å². The summed E-state index contributed by atoms with van der Waals surface area (Å²) in [5, 5.41) is 0.386. The summed E-state index contributed by atoms with van der Waals surface area (Å²) in [6, 6.07) is 7.59. The van der Waals surface area contributed by atoms with Crippen LogP contribution in [0.3, 0.4) is 0 Å². The second-order valence-corrected chi connectivity index (χ2v) is 5.07. The summed E-state index contributed by atoms with van der Waals surface area (Å²) >= 11 is 5.99. The molecule has 0 N–H and O–H groups in total. The Balaban J connectivity index is 1.99. The first-order valence-corrected chi connectivity index (χ1v) is 6.67. The van der Waals surface area contributed by atoms with Crippen molar-refractivity contribution in [3.05, 3.63) is 58.3 Å². The third-order valence-corrected chi connectivity index (χ3v) is 3.28. The molecule has 0 unspecified atom stereocenters. The van der Waals surface area contributed by atoms with Crippen molar-refractivity contribution in [1.82, 2.24) is 4.90 Å². The van der Waals surface area contributed by atoms with E-state index in [-0.39, 0.29) is 11.6 Å². The van der Waals surface area contributed by atoms with Gasteiger partial charge in [-0.1, -0.05) is 17.7 Å². The van der Waals surface area contributed by atoms with Gasteiger partial charge in [0.2, 0.25) is 5.76 Å².